The van der Waals surface area contributed by atoms with Crippen LogP contribution in [0.25, 0.3) is 33.5 Å². The number of aryl methyl sites for hydroxylation is 1. The first kappa shape index (κ1) is 17.8. The average molecular weight is 367 g/mol. The molecule has 0 unspecified atom stereocenters. The Morgan fingerprint density at radius 2 is 1.32 bits per heavy atom. The summed E-state index contributed by atoms with van der Waals surface area (Å²) in [6.45, 7) is 2.00. The summed E-state index contributed by atoms with van der Waals surface area (Å²) in [5.74, 6) is 1.09. The monoisotopic (exact) mass is 367 g/mol. The minimum Gasteiger partial charge on any atom is -0.507 e. The Morgan fingerprint density at radius 3 is 1.96 bits per heavy atom. The van der Waals surface area contributed by atoms with Crippen LogP contribution >= 0.6 is 0 Å². The quantitative estimate of drug-likeness (QED) is 0.473. The summed E-state index contributed by atoms with van der Waals surface area (Å²) in [5.41, 5.74) is 7.06. The van der Waals surface area contributed by atoms with Gasteiger partial charge in [0, 0.05) is 11.8 Å². The van der Waals surface area contributed by atoms with Crippen LogP contribution in [0.4, 0.5) is 0 Å². The molecule has 1 aromatic heterocycles. The summed E-state index contributed by atoms with van der Waals surface area (Å²) < 4.78 is 5.22. The lowest BCUT2D eigenvalue weighted by Crippen LogP contribution is -1.87. The van der Waals surface area contributed by atoms with Gasteiger partial charge in [0.25, 0.3) is 0 Å². The molecular formula is C25H21NO2. The molecular weight excluding hydrogens is 346 g/mol. The molecule has 0 radical (unpaired) electrons. The molecule has 4 rings (SSSR count). The molecule has 1 heterocycles. The highest BCUT2D eigenvalue weighted by atomic mass is 16.5. The zero-order valence-electron chi connectivity index (χ0n) is 15.9. The summed E-state index contributed by atoms with van der Waals surface area (Å²) >= 11 is 0. The molecule has 138 valence electrons. The Bertz CT molecular complexity index is 1100. The lowest BCUT2D eigenvalue weighted by molar-refractivity contribution is 0.415. The van der Waals surface area contributed by atoms with Crippen molar-refractivity contribution in [1.29, 1.82) is 0 Å². The minimum absolute atomic E-state index is 0.241. The molecule has 0 fully saturated rings. The topological polar surface area (TPSA) is 42.4 Å². The van der Waals surface area contributed by atoms with E-state index in [4.69, 9.17) is 4.74 Å². The van der Waals surface area contributed by atoms with Crippen LogP contribution in [0.2, 0.25) is 0 Å². The van der Waals surface area contributed by atoms with E-state index in [1.165, 1.54) is 0 Å². The van der Waals surface area contributed by atoms with Gasteiger partial charge in [0.05, 0.1) is 12.8 Å². The molecule has 0 saturated carbocycles. The van der Waals surface area contributed by atoms with Crippen molar-refractivity contribution in [3.63, 3.8) is 0 Å². The van der Waals surface area contributed by atoms with Crippen LogP contribution in [0.1, 0.15) is 5.56 Å². The molecule has 0 saturated heterocycles. The zero-order chi connectivity index (χ0) is 19.5. The van der Waals surface area contributed by atoms with Crippen molar-refractivity contribution in [3.8, 4) is 45.0 Å². The standard InChI is InChI=1S/C25H21NO2/c1-17-3-12-25(27)23(15-17)24-16-21(13-14-26-24)20-6-4-18(5-7-20)19-8-10-22(28-2)11-9-19/h3-16,27H,1-2H3. The van der Waals surface area contributed by atoms with Crippen molar-refractivity contribution in [2.75, 3.05) is 7.11 Å². The van der Waals surface area contributed by atoms with E-state index in [-0.39, 0.29) is 5.75 Å². The van der Waals surface area contributed by atoms with Gasteiger partial charge in [-0.3, -0.25) is 4.98 Å². The lowest BCUT2D eigenvalue weighted by Gasteiger charge is -2.09. The fraction of sp³-hybridized carbons (Fsp3) is 0.0800. The molecule has 0 atom stereocenters. The van der Waals surface area contributed by atoms with Crippen LogP contribution in [0.5, 0.6) is 11.5 Å². The SMILES string of the molecule is COc1ccc(-c2ccc(-c3ccnc(-c4cc(C)ccc4O)c3)cc2)cc1. The highest BCUT2D eigenvalue weighted by molar-refractivity contribution is 5.75. The van der Waals surface area contributed by atoms with Gasteiger partial charge >= 0.3 is 0 Å². The van der Waals surface area contributed by atoms with Crippen LogP contribution in [-0.2, 0) is 0 Å². The molecule has 0 aliphatic heterocycles. The van der Waals surface area contributed by atoms with E-state index < -0.39 is 0 Å². The van der Waals surface area contributed by atoms with E-state index in [1.54, 1.807) is 19.4 Å². The van der Waals surface area contributed by atoms with Crippen LogP contribution < -0.4 is 4.74 Å². The van der Waals surface area contributed by atoms with E-state index in [1.807, 2.05) is 43.3 Å². The maximum Gasteiger partial charge on any atom is 0.124 e. The first-order valence-electron chi connectivity index (χ1n) is 9.15. The van der Waals surface area contributed by atoms with Crippen molar-refractivity contribution in [2.45, 2.75) is 6.92 Å². The average Bonchev–Trinajstić information content (AvgIpc) is 2.76. The molecule has 0 amide bonds. The number of pyridine rings is 1. The van der Waals surface area contributed by atoms with Gasteiger partial charge < -0.3 is 9.84 Å². The van der Waals surface area contributed by atoms with E-state index in [2.05, 4.69) is 41.4 Å². The third-order valence-electron chi connectivity index (χ3n) is 4.83. The summed E-state index contributed by atoms with van der Waals surface area (Å²) in [4.78, 5) is 4.45. The largest absolute Gasteiger partial charge is 0.507 e. The molecule has 3 heteroatoms. The second-order valence-electron chi connectivity index (χ2n) is 6.76. The predicted octanol–water partition coefficient (Wildman–Crippen LogP) is 6.11. The van der Waals surface area contributed by atoms with Gasteiger partial charge in [-0.15, -0.1) is 0 Å². The number of phenolic OH excluding ortho intramolecular Hbond substituents is 1. The van der Waals surface area contributed by atoms with Crippen LogP contribution in [0.15, 0.2) is 85.1 Å². The molecule has 3 nitrogen and oxygen atoms in total. The maximum absolute atomic E-state index is 10.2. The van der Waals surface area contributed by atoms with Crippen LogP contribution in [0.3, 0.4) is 0 Å². The van der Waals surface area contributed by atoms with Gasteiger partial charge in [0.2, 0.25) is 0 Å². The third-order valence-corrected chi connectivity index (χ3v) is 4.83. The highest BCUT2D eigenvalue weighted by Crippen LogP contribution is 2.32. The van der Waals surface area contributed by atoms with Gasteiger partial charge in [-0.05, 0) is 65.6 Å². The summed E-state index contributed by atoms with van der Waals surface area (Å²) in [6.07, 6.45) is 1.78. The van der Waals surface area contributed by atoms with Crippen molar-refractivity contribution < 1.29 is 9.84 Å². The lowest BCUT2D eigenvalue weighted by atomic mass is 9.99. The first-order chi connectivity index (χ1) is 13.6. The van der Waals surface area contributed by atoms with Crippen molar-refractivity contribution in [1.82, 2.24) is 4.98 Å². The molecule has 0 aliphatic carbocycles. The fourth-order valence-electron chi connectivity index (χ4n) is 3.25. The summed E-state index contributed by atoms with van der Waals surface area (Å²) in [6, 6.07) is 26.0. The number of ether oxygens (including phenoxy) is 1. The van der Waals surface area contributed by atoms with Gasteiger partial charge in [0.15, 0.2) is 0 Å². The maximum atomic E-state index is 10.2. The van der Waals surface area contributed by atoms with Crippen molar-refractivity contribution >= 4 is 0 Å². The molecule has 0 spiro atoms. The number of aromatic nitrogens is 1. The predicted molar refractivity (Wildman–Crippen MR) is 113 cm³/mol. The van der Waals surface area contributed by atoms with E-state index in [0.717, 1.165) is 44.8 Å². The zero-order valence-corrected chi connectivity index (χ0v) is 15.9. The first-order valence-corrected chi connectivity index (χ1v) is 9.15. The Morgan fingerprint density at radius 1 is 0.714 bits per heavy atom. The highest BCUT2D eigenvalue weighted by Gasteiger charge is 2.08. The van der Waals surface area contributed by atoms with Gasteiger partial charge in [-0.2, -0.15) is 0 Å². The van der Waals surface area contributed by atoms with Gasteiger partial charge in [0.1, 0.15) is 11.5 Å². The number of hydrogen-bond donors (Lipinski definition) is 1. The van der Waals surface area contributed by atoms with Crippen molar-refractivity contribution in [2.24, 2.45) is 0 Å². The number of methoxy groups -OCH3 is 1. The van der Waals surface area contributed by atoms with Crippen LogP contribution in [-0.4, -0.2) is 17.2 Å². The number of rotatable bonds is 4. The number of aromatic hydroxyl groups is 1. The number of phenols is 1. The Kier molecular flexibility index (Phi) is 4.81. The number of hydrogen-bond acceptors (Lipinski definition) is 3. The molecule has 1 N–H and O–H groups in total. The minimum atomic E-state index is 0.241. The van der Waals surface area contributed by atoms with E-state index >= 15 is 0 Å². The number of benzene rings is 3. The Balaban J connectivity index is 1.65. The van der Waals surface area contributed by atoms with E-state index in [9.17, 15) is 5.11 Å². The fourth-order valence-corrected chi connectivity index (χ4v) is 3.25. The molecule has 28 heavy (non-hydrogen) atoms. The molecule has 4 aromatic rings. The third kappa shape index (κ3) is 3.60. The number of nitrogens with zero attached hydrogens (tertiary/aromatic N) is 1. The van der Waals surface area contributed by atoms with Gasteiger partial charge in [-0.25, -0.2) is 0 Å². The molecule has 3 aromatic carbocycles. The van der Waals surface area contributed by atoms with Crippen molar-refractivity contribution in [3.05, 3.63) is 90.6 Å². The Labute approximate surface area is 164 Å². The van der Waals surface area contributed by atoms with Crippen LogP contribution in [0, 0.1) is 6.92 Å². The summed E-state index contributed by atoms with van der Waals surface area (Å²) in [5, 5.41) is 10.2. The Hall–Kier alpha value is -3.59. The van der Waals surface area contributed by atoms with E-state index in [0.29, 0.717) is 0 Å². The molecule has 0 bridgehead atoms. The normalized spacial score (nSPS) is 10.6. The molecule has 0 aliphatic rings. The summed E-state index contributed by atoms with van der Waals surface area (Å²) in [7, 11) is 1.67. The van der Waals surface area contributed by atoms with Gasteiger partial charge in [-0.1, -0.05) is 48.0 Å². The second-order valence-corrected chi connectivity index (χ2v) is 6.76. The smallest absolute Gasteiger partial charge is 0.124 e. The second kappa shape index (κ2) is 7.57.